The number of ether oxygens (including phenoxy) is 2. The van der Waals surface area contributed by atoms with E-state index in [1.807, 2.05) is 91.0 Å². The summed E-state index contributed by atoms with van der Waals surface area (Å²) < 4.78 is 10.3. The average molecular weight is 461 g/mol. The minimum atomic E-state index is -0.988. The summed E-state index contributed by atoms with van der Waals surface area (Å²) in [6.45, 7) is 0.448. The maximum absolute atomic E-state index is 12.9. The first kappa shape index (κ1) is 24.7. The van der Waals surface area contributed by atoms with Gasteiger partial charge in [-0.2, -0.15) is 0 Å². The normalized spacial score (nSPS) is 11.5. The van der Waals surface area contributed by atoms with Gasteiger partial charge in [0, 0.05) is 6.54 Å². The van der Waals surface area contributed by atoms with Gasteiger partial charge in [-0.1, -0.05) is 91.0 Å². The number of amides is 1. The summed E-state index contributed by atoms with van der Waals surface area (Å²) in [4.78, 5) is 37.1. The molecule has 176 valence electrons. The van der Waals surface area contributed by atoms with Gasteiger partial charge < -0.3 is 20.5 Å². The van der Waals surface area contributed by atoms with E-state index in [-0.39, 0.29) is 19.6 Å². The van der Waals surface area contributed by atoms with Gasteiger partial charge in [0.1, 0.15) is 18.6 Å². The Bertz CT molecular complexity index is 1020. The van der Waals surface area contributed by atoms with Gasteiger partial charge in [-0.25, -0.2) is 9.59 Å². The number of nitrogens with one attached hydrogen (secondary N) is 1. The zero-order chi connectivity index (χ0) is 24.2. The van der Waals surface area contributed by atoms with Crippen molar-refractivity contribution in [3.8, 4) is 0 Å². The molecule has 7 nitrogen and oxygen atoms in total. The Morgan fingerprint density at radius 2 is 1.29 bits per heavy atom. The molecule has 0 aromatic heterocycles. The Kier molecular flexibility index (Phi) is 9.37. The number of rotatable bonds is 10. The molecule has 3 rings (SSSR count). The lowest BCUT2D eigenvalue weighted by atomic mass is 9.91. The maximum Gasteiger partial charge on any atom is 0.407 e. The third kappa shape index (κ3) is 7.56. The quantitative estimate of drug-likeness (QED) is 0.270. The molecule has 0 radical (unpaired) electrons. The second kappa shape index (κ2) is 12.9. The van der Waals surface area contributed by atoms with Gasteiger partial charge in [-0.05, 0) is 29.5 Å². The van der Waals surface area contributed by atoms with Gasteiger partial charge in [-0.15, -0.1) is 0 Å². The molecule has 3 aromatic carbocycles. The van der Waals surface area contributed by atoms with Crippen LogP contribution in [0.25, 0.3) is 0 Å². The SMILES string of the molecule is N[C@@H](CCCNC(=O)OCc1ccccc1)C(=O)OC(=O)C(c1ccccc1)c1ccccc1. The number of nitrogens with two attached hydrogens (primary N) is 1. The first-order valence-electron chi connectivity index (χ1n) is 11.1. The van der Waals surface area contributed by atoms with Gasteiger partial charge in [0.15, 0.2) is 0 Å². The van der Waals surface area contributed by atoms with Crippen LogP contribution in [0.15, 0.2) is 91.0 Å². The number of hydrogen-bond acceptors (Lipinski definition) is 6. The van der Waals surface area contributed by atoms with Crippen molar-refractivity contribution in [3.05, 3.63) is 108 Å². The highest BCUT2D eigenvalue weighted by atomic mass is 16.6. The standard InChI is InChI=1S/C27H28N2O5/c28-23(17-10-18-29-27(32)33-19-20-11-4-1-5-12-20)25(30)34-26(31)24(21-13-6-2-7-14-21)22-15-8-3-9-16-22/h1-9,11-16,23-24H,10,17-19,28H2,(H,29,32)/t23-/m0/s1. The monoisotopic (exact) mass is 460 g/mol. The third-order valence-electron chi connectivity index (χ3n) is 5.18. The molecule has 0 saturated heterocycles. The van der Waals surface area contributed by atoms with Gasteiger partial charge in [-0.3, -0.25) is 4.79 Å². The van der Waals surface area contributed by atoms with Crippen LogP contribution in [0.3, 0.4) is 0 Å². The molecular formula is C27H28N2O5. The second-order valence-electron chi connectivity index (χ2n) is 7.73. The van der Waals surface area contributed by atoms with E-state index in [2.05, 4.69) is 5.32 Å². The molecule has 0 aliphatic heterocycles. The predicted octanol–water partition coefficient (Wildman–Crippen LogP) is 3.92. The van der Waals surface area contributed by atoms with Crippen LogP contribution in [0.5, 0.6) is 0 Å². The molecule has 0 saturated carbocycles. The first-order valence-corrected chi connectivity index (χ1v) is 11.1. The molecule has 0 aliphatic carbocycles. The molecule has 7 heteroatoms. The summed E-state index contributed by atoms with van der Waals surface area (Å²) in [7, 11) is 0. The van der Waals surface area contributed by atoms with Crippen molar-refractivity contribution >= 4 is 18.0 Å². The highest BCUT2D eigenvalue weighted by Gasteiger charge is 2.28. The molecule has 0 aliphatic rings. The van der Waals surface area contributed by atoms with Crippen LogP contribution in [0.4, 0.5) is 4.79 Å². The largest absolute Gasteiger partial charge is 0.445 e. The van der Waals surface area contributed by atoms with E-state index < -0.39 is 30.0 Å². The van der Waals surface area contributed by atoms with E-state index in [1.54, 1.807) is 0 Å². The zero-order valence-electron chi connectivity index (χ0n) is 18.8. The summed E-state index contributed by atoms with van der Waals surface area (Å²) in [5.41, 5.74) is 8.25. The molecule has 0 bridgehead atoms. The molecule has 1 atom stereocenters. The van der Waals surface area contributed by atoms with E-state index in [9.17, 15) is 14.4 Å². The fourth-order valence-corrected chi connectivity index (χ4v) is 3.39. The highest BCUT2D eigenvalue weighted by molar-refractivity contribution is 5.93. The van der Waals surface area contributed by atoms with E-state index in [0.29, 0.717) is 6.42 Å². The molecule has 0 unspecified atom stereocenters. The topological polar surface area (TPSA) is 108 Å². The lowest BCUT2D eigenvalue weighted by Crippen LogP contribution is -2.36. The van der Waals surface area contributed by atoms with Crippen molar-refractivity contribution in [2.45, 2.75) is 31.4 Å². The Hall–Kier alpha value is -3.97. The van der Waals surface area contributed by atoms with Crippen LogP contribution < -0.4 is 11.1 Å². The number of benzene rings is 3. The number of carbonyl (C=O) groups is 3. The molecule has 0 heterocycles. The summed E-state index contributed by atoms with van der Waals surface area (Å²) in [6.07, 6.45) is 0.113. The summed E-state index contributed by atoms with van der Waals surface area (Å²) in [5, 5.41) is 2.61. The smallest absolute Gasteiger partial charge is 0.407 e. The van der Waals surface area contributed by atoms with Crippen molar-refractivity contribution in [2.75, 3.05) is 6.54 Å². The van der Waals surface area contributed by atoms with Crippen LogP contribution in [-0.4, -0.2) is 30.6 Å². The minimum Gasteiger partial charge on any atom is -0.445 e. The number of hydrogen-bond donors (Lipinski definition) is 2. The van der Waals surface area contributed by atoms with E-state index in [4.69, 9.17) is 15.2 Å². The first-order chi connectivity index (χ1) is 16.5. The highest BCUT2D eigenvalue weighted by Crippen LogP contribution is 2.26. The lowest BCUT2D eigenvalue weighted by molar-refractivity contribution is -0.161. The molecule has 34 heavy (non-hydrogen) atoms. The second-order valence-corrected chi connectivity index (χ2v) is 7.73. The van der Waals surface area contributed by atoms with E-state index >= 15 is 0 Å². The van der Waals surface area contributed by atoms with Crippen molar-refractivity contribution in [2.24, 2.45) is 5.73 Å². The Balaban J connectivity index is 1.44. The average Bonchev–Trinajstić information content (AvgIpc) is 2.87. The lowest BCUT2D eigenvalue weighted by Gasteiger charge is -2.17. The van der Waals surface area contributed by atoms with Gasteiger partial charge >= 0.3 is 18.0 Å². The summed E-state index contributed by atoms with van der Waals surface area (Å²) >= 11 is 0. The Morgan fingerprint density at radius 1 is 0.765 bits per heavy atom. The molecule has 1 amide bonds. The fourth-order valence-electron chi connectivity index (χ4n) is 3.39. The summed E-state index contributed by atoms with van der Waals surface area (Å²) in [5.74, 6) is -2.21. The molecular weight excluding hydrogens is 432 g/mol. The van der Waals surface area contributed by atoms with Gasteiger partial charge in [0.05, 0.1) is 0 Å². The number of esters is 2. The van der Waals surface area contributed by atoms with Gasteiger partial charge in [0.2, 0.25) is 0 Å². The van der Waals surface area contributed by atoms with Crippen molar-refractivity contribution in [1.29, 1.82) is 0 Å². The van der Waals surface area contributed by atoms with Crippen molar-refractivity contribution < 1.29 is 23.9 Å². The zero-order valence-corrected chi connectivity index (χ0v) is 18.8. The Morgan fingerprint density at radius 3 is 1.85 bits per heavy atom. The molecule has 0 fully saturated rings. The van der Waals surface area contributed by atoms with Crippen molar-refractivity contribution in [3.63, 3.8) is 0 Å². The molecule has 3 aromatic rings. The molecule has 0 spiro atoms. The van der Waals surface area contributed by atoms with Crippen LogP contribution >= 0.6 is 0 Å². The molecule has 3 N–H and O–H groups in total. The van der Waals surface area contributed by atoms with Crippen LogP contribution in [0.1, 0.15) is 35.4 Å². The van der Waals surface area contributed by atoms with E-state index in [1.165, 1.54) is 0 Å². The van der Waals surface area contributed by atoms with E-state index in [0.717, 1.165) is 16.7 Å². The van der Waals surface area contributed by atoms with Crippen molar-refractivity contribution in [1.82, 2.24) is 5.32 Å². The number of alkyl carbamates (subject to hydrolysis) is 1. The minimum absolute atomic E-state index is 0.171. The van der Waals surface area contributed by atoms with Crippen LogP contribution in [0.2, 0.25) is 0 Å². The number of carbonyl (C=O) groups excluding carboxylic acids is 3. The third-order valence-corrected chi connectivity index (χ3v) is 5.18. The summed E-state index contributed by atoms with van der Waals surface area (Å²) in [6, 6.07) is 26.6. The van der Waals surface area contributed by atoms with Gasteiger partial charge in [0.25, 0.3) is 0 Å². The Labute approximate surface area is 198 Å². The maximum atomic E-state index is 12.9. The van der Waals surface area contributed by atoms with Crippen LogP contribution in [-0.2, 0) is 25.7 Å². The fraction of sp³-hybridized carbons (Fsp3) is 0.222. The predicted molar refractivity (Wildman–Crippen MR) is 128 cm³/mol. The van der Waals surface area contributed by atoms with Crippen LogP contribution in [0, 0.1) is 0 Å².